The number of ketones is 2. The van der Waals surface area contributed by atoms with E-state index in [1.165, 1.54) is 5.56 Å². The minimum atomic E-state index is -0.150. The number of rotatable bonds is 6. The quantitative estimate of drug-likeness (QED) is 0.411. The second-order valence-electron chi connectivity index (χ2n) is 6.74. The van der Waals surface area contributed by atoms with Crippen LogP contribution >= 0.6 is 0 Å². The molecule has 0 saturated carbocycles. The molecule has 0 atom stereocenters. The van der Waals surface area contributed by atoms with Crippen molar-refractivity contribution in [1.29, 1.82) is 0 Å². The Morgan fingerprint density at radius 3 is 1.62 bits per heavy atom. The fraction of sp³-hybridized carbons (Fsp3) is 0.167. The van der Waals surface area contributed by atoms with Gasteiger partial charge in [0.2, 0.25) is 0 Å². The number of carbonyl (C=O) groups excluding carboxylic acids is 2. The van der Waals surface area contributed by atoms with Crippen LogP contribution in [0.25, 0.3) is 11.1 Å². The number of Topliss-reactive ketones (excluding diaryl/α,β-unsaturated/α-hetero) is 2. The molecule has 3 rings (SSSR count). The van der Waals surface area contributed by atoms with Crippen LogP contribution in [0.3, 0.4) is 0 Å². The molecule has 0 aliphatic rings. The van der Waals surface area contributed by atoms with E-state index in [4.69, 9.17) is 0 Å². The van der Waals surface area contributed by atoms with Gasteiger partial charge >= 0.3 is 0 Å². The van der Waals surface area contributed by atoms with Crippen molar-refractivity contribution in [2.45, 2.75) is 26.2 Å². The Morgan fingerprint density at radius 2 is 1.12 bits per heavy atom. The normalized spacial score (nSPS) is 10.7. The van der Waals surface area contributed by atoms with E-state index in [9.17, 15) is 9.59 Å². The lowest BCUT2D eigenvalue weighted by molar-refractivity contribution is 0.0894. The molecule has 0 fully saturated rings. The van der Waals surface area contributed by atoms with Gasteiger partial charge in [-0.05, 0) is 22.6 Å². The molecule has 2 heteroatoms. The van der Waals surface area contributed by atoms with Gasteiger partial charge in [0.15, 0.2) is 11.6 Å². The molecule has 26 heavy (non-hydrogen) atoms. The Bertz CT molecular complexity index is 889. The van der Waals surface area contributed by atoms with Gasteiger partial charge in [-0.2, -0.15) is 0 Å². The molecule has 0 heterocycles. The molecular formula is C24H22O2. The monoisotopic (exact) mass is 342 g/mol. The largest absolute Gasteiger partial charge is 0.294 e. The van der Waals surface area contributed by atoms with Crippen LogP contribution in [-0.4, -0.2) is 11.6 Å². The maximum absolute atomic E-state index is 12.4. The molecule has 0 aliphatic carbocycles. The summed E-state index contributed by atoms with van der Waals surface area (Å²) in [7, 11) is 0. The van der Waals surface area contributed by atoms with E-state index in [0.29, 0.717) is 17.0 Å². The number of hydrogen-bond donors (Lipinski definition) is 0. The number of benzene rings is 3. The molecule has 3 aromatic carbocycles. The standard InChI is InChI=1S/C24H22O2/c1-17(2)18-8-12-21(13-9-18)23(25)16-24(26)22-14-10-20(11-15-22)19-6-4-3-5-7-19/h3-15,17H,16H2,1-2H3. The van der Waals surface area contributed by atoms with Gasteiger partial charge in [-0.1, -0.05) is 92.7 Å². The first-order chi connectivity index (χ1) is 12.5. The Balaban J connectivity index is 1.68. The third kappa shape index (κ3) is 4.15. The molecule has 2 nitrogen and oxygen atoms in total. The van der Waals surface area contributed by atoms with Gasteiger partial charge in [0.25, 0.3) is 0 Å². The summed E-state index contributed by atoms with van der Waals surface area (Å²) < 4.78 is 0. The molecule has 0 bridgehead atoms. The van der Waals surface area contributed by atoms with E-state index in [0.717, 1.165) is 11.1 Å². The summed E-state index contributed by atoms with van der Waals surface area (Å²) in [5, 5.41) is 0. The Hall–Kier alpha value is -3.00. The third-order valence-electron chi connectivity index (χ3n) is 4.53. The van der Waals surface area contributed by atoms with Gasteiger partial charge in [-0.25, -0.2) is 0 Å². The highest BCUT2D eigenvalue weighted by molar-refractivity contribution is 6.13. The minimum Gasteiger partial charge on any atom is -0.294 e. The smallest absolute Gasteiger partial charge is 0.170 e. The van der Waals surface area contributed by atoms with E-state index < -0.39 is 0 Å². The van der Waals surface area contributed by atoms with Gasteiger partial charge in [0.05, 0.1) is 6.42 Å². The zero-order chi connectivity index (χ0) is 18.5. The lowest BCUT2D eigenvalue weighted by Crippen LogP contribution is -2.08. The number of carbonyl (C=O) groups is 2. The predicted octanol–water partition coefficient (Wildman–Crippen LogP) is 5.93. The maximum Gasteiger partial charge on any atom is 0.170 e. The first kappa shape index (κ1) is 17.8. The van der Waals surface area contributed by atoms with Crippen molar-refractivity contribution in [2.75, 3.05) is 0 Å². The van der Waals surface area contributed by atoms with Crippen molar-refractivity contribution in [3.05, 3.63) is 95.6 Å². The van der Waals surface area contributed by atoms with Crippen molar-refractivity contribution < 1.29 is 9.59 Å². The summed E-state index contributed by atoms with van der Waals surface area (Å²) in [4.78, 5) is 24.8. The summed E-state index contributed by atoms with van der Waals surface area (Å²) in [6, 6.07) is 25.0. The molecule has 0 N–H and O–H groups in total. The summed E-state index contributed by atoms with van der Waals surface area (Å²) in [5.41, 5.74) is 4.50. The average molecular weight is 342 g/mol. The topological polar surface area (TPSA) is 34.1 Å². The highest BCUT2D eigenvalue weighted by atomic mass is 16.1. The highest BCUT2D eigenvalue weighted by Crippen LogP contribution is 2.20. The molecule has 0 spiro atoms. The molecule has 130 valence electrons. The zero-order valence-corrected chi connectivity index (χ0v) is 15.1. The van der Waals surface area contributed by atoms with Crippen LogP contribution in [-0.2, 0) is 0 Å². The fourth-order valence-electron chi connectivity index (χ4n) is 2.88. The lowest BCUT2D eigenvalue weighted by atomic mass is 9.97. The predicted molar refractivity (Wildman–Crippen MR) is 106 cm³/mol. The Morgan fingerprint density at radius 1 is 0.654 bits per heavy atom. The van der Waals surface area contributed by atoms with Crippen molar-refractivity contribution in [2.24, 2.45) is 0 Å². The average Bonchev–Trinajstić information content (AvgIpc) is 2.68. The Labute approximate surface area is 154 Å². The molecule has 0 unspecified atom stereocenters. The van der Waals surface area contributed by atoms with Crippen molar-refractivity contribution in [1.82, 2.24) is 0 Å². The van der Waals surface area contributed by atoms with Crippen LogP contribution in [0.5, 0.6) is 0 Å². The van der Waals surface area contributed by atoms with Gasteiger partial charge in [-0.15, -0.1) is 0 Å². The van der Waals surface area contributed by atoms with Crippen LogP contribution < -0.4 is 0 Å². The van der Waals surface area contributed by atoms with Gasteiger partial charge in [0.1, 0.15) is 0 Å². The van der Waals surface area contributed by atoms with Crippen LogP contribution in [0, 0.1) is 0 Å². The zero-order valence-electron chi connectivity index (χ0n) is 15.1. The SMILES string of the molecule is CC(C)c1ccc(C(=O)CC(=O)c2ccc(-c3ccccc3)cc2)cc1. The minimum absolute atomic E-state index is 0.105. The maximum atomic E-state index is 12.4. The second-order valence-corrected chi connectivity index (χ2v) is 6.74. The molecule has 0 amide bonds. The van der Waals surface area contributed by atoms with Crippen molar-refractivity contribution >= 4 is 11.6 Å². The summed E-state index contributed by atoms with van der Waals surface area (Å²) >= 11 is 0. The van der Waals surface area contributed by atoms with E-state index in [1.807, 2.05) is 66.7 Å². The van der Waals surface area contributed by atoms with E-state index in [2.05, 4.69) is 13.8 Å². The molecule has 0 saturated heterocycles. The first-order valence-electron chi connectivity index (χ1n) is 8.86. The third-order valence-corrected chi connectivity index (χ3v) is 4.53. The summed E-state index contributed by atoms with van der Waals surface area (Å²) in [6.07, 6.45) is -0.105. The van der Waals surface area contributed by atoms with Crippen LogP contribution in [0.1, 0.15) is 52.5 Å². The van der Waals surface area contributed by atoms with Gasteiger partial charge in [-0.3, -0.25) is 9.59 Å². The van der Waals surface area contributed by atoms with Crippen molar-refractivity contribution in [3.63, 3.8) is 0 Å². The second kappa shape index (κ2) is 7.92. The van der Waals surface area contributed by atoms with E-state index in [-0.39, 0.29) is 18.0 Å². The highest BCUT2D eigenvalue weighted by Gasteiger charge is 2.14. The molecular weight excluding hydrogens is 320 g/mol. The van der Waals surface area contributed by atoms with Gasteiger partial charge < -0.3 is 0 Å². The molecule has 0 aromatic heterocycles. The van der Waals surface area contributed by atoms with Crippen LogP contribution in [0.2, 0.25) is 0 Å². The molecule has 0 radical (unpaired) electrons. The molecule has 3 aromatic rings. The van der Waals surface area contributed by atoms with E-state index in [1.54, 1.807) is 12.1 Å². The Kier molecular flexibility index (Phi) is 5.43. The van der Waals surface area contributed by atoms with Crippen LogP contribution in [0.4, 0.5) is 0 Å². The lowest BCUT2D eigenvalue weighted by Gasteiger charge is -2.07. The first-order valence-corrected chi connectivity index (χ1v) is 8.86. The summed E-state index contributed by atoms with van der Waals surface area (Å²) in [5.74, 6) is 0.129. The van der Waals surface area contributed by atoms with Gasteiger partial charge in [0, 0.05) is 11.1 Å². The fourth-order valence-corrected chi connectivity index (χ4v) is 2.88. The number of hydrogen-bond acceptors (Lipinski definition) is 2. The van der Waals surface area contributed by atoms with Crippen LogP contribution in [0.15, 0.2) is 78.9 Å². The van der Waals surface area contributed by atoms with Crippen molar-refractivity contribution in [3.8, 4) is 11.1 Å². The van der Waals surface area contributed by atoms with E-state index >= 15 is 0 Å². The molecule has 0 aliphatic heterocycles. The summed E-state index contributed by atoms with van der Waals surface area (Å²) in [6.45, 7) is 4.22.